The van der Waals surface area contributed by atoms with Gasteiger partial charge in [0.1, 0.15) is 11.6 Å². The first-order valence-electron chi connectivity index (χ1n) is 10.4. The van der Waals surface area contributed by atoms with Crippen LogP contribution in [0, 0.1) is 11.7 Å². The molecule has 140 valence electrons. The number of aromatic nitrogens is 2. The number of imidazole rings is 1. The molecule has 4 heteroatoms. The third-order valence-corrected chi connectivity index (χ3v) is 6.19. The number of rotatable bonds is 5. The second kappa shape index (κ2) is 8.34. The van der Waals surface area contributed by atoms with Crippen molar-refractivity contribution in [2.24, 2.45) is 5.92 Å². The van der Waals surface area contributed by atoms with Crippen molar-refractivity contribution in [3.05, 3.63) is 42.1 Å². The summed E-state index contributed by atoms with van der Waals surface area (Å²) in [6, 6.07) is 7.58. The van der Waals surface area contributed by atoms with Crippen molar-refractivity contribution >= 4 is 0 Å². The maximum absolute atomic E-state index is 13.2. The molecule has 1 unspecified atom stereocenters. The van der Waals surface area contributed by atoms with Gasteiger partial charge in [-0.2, -0.15) is 0 Å². The molecule has 4 rings (SSSR count). The van der Waals surface area contributed by atoms with E-state index in [-0.39, 0.29) is 5.82 Å². The quantitative estimate of drug-likeness (QED) is 0.716. The number of H-pyrrole nitrogens is 1. The number of nitrogens with zero attached hydrogens (tertiary/aromatic N) is 1. The fourth-order valence-electron chi connectivity index (χ4n) is 4.70. The van der Waals surface area contributed by atoms with E-state index in [0.29, 0.717) is 18.0 Å². The zero-order valence-electron chi connectivity index (χ0n) is 15.5. The highest BCUT2D eigenvalue weighted by Crippen LogP contribution is 2.35. The van der Waals surface area contributed by atoms with Crippen molar-refractivity contribution < 1.29 is 4.39 Å². The van der Waals surface area contributed by atoms with Crippen molar-refractivity contribution in [1.82, 2.24) is 15.3 Å². The van der Waals surface area contributed by atoms with Crippen LogP contribution in [0.1, 0.15) is 76.1 Å². The SMILES string of the molecule is Fc1ccc(-c2cnc(C(NC3CCCCC3)C3CCCCC3)[nH]2)cc1. The lowest BCUT2D eigenvalue weighted by molar-refractivity contribution is 0.227. The van der Waals surface area contributed by atoms with Crippen molar-refractivity contribution in [3.63, 3.8) is 0 Å². The number of nitrogens with one attached hydrogen (secondary N) is 2. The zero-order chi connectivity index (χ0) is 17.8. The Morgan fingerprint density at radius 1 is 0.923 bits per heavy atom. The molecule has 2 saturated carbocycles. The number of halogens is 1. The van der Waals surface area contributed by atoms with E-state index in [0.717, 1.165) is 17.1 Å². The molecule has 2 aromatic rings. The minimum absolute atomic E-state index is 0.201. The van der Waals surface area contributed by atoms with E-state index < -0.39 is 0 Å². The van der Waals surface area contributed by atoms with Crippen LogP contribution in [0.3, 0.4) is 0 Å². The van der Waals surface area contributed by atoms with Gasteiger partial charge < -0.3 is 10.3 Å². The second-order valence-corrected chi connectivity index (χ2v) is 8.07. The highest BCUT2D eigenvalue weighted by Gasteiger charge is 2.29. The highest BCUT2D eigenvalue weighted by molar-refractivity contribution is 5.58. The fourth-order valence-corrected chi connectivity index (χ4v) is 4.70. The summed E-state index contributed by atoms with van der Waals surface area (Å²) in [5.41, 5.74) is 1.97. The number of aromatic amines is 1. The Hall–Kier alpha value is -1.68. The summed E-state index contributed by atoms with van der Waals surface area (Å²) in [6.45, 7) is 0. The first-order valence-corrected chi connectivity index (χ1v) is 10.4. The van der Waals surface area contributed by atoms with Crippen LogP contribution < -0.4 is 5.32 Å². The van der Waals surface area contributed by atoms with Crippen LogP contribution in [0.2, 0.25) is 0 Å². The lowest BCUT2D eigenvalue weighted by atomic mass is 9.82. The predicted molar refractivity (Wildman–Crippen MR) is 103 cm³/mol. The zero-order valence-corrected chi connectivity index (χ0v) is 15.5. The van der Waals surface area contributed by atoms with Gasteiger partial charge in [0.05, 0.1) is 17.9 Å². The lowest BCUT2D eigenvalue weighted by Crippen LogP contribution is -2.39. The molecule has 1 aromatic heterocycles. The smallest absolute Gasteiger partial charge is 0.124 e. The molecule has 2 aliphatic rings. The topological polar surface area (TPSA) is 40.7 Å². The lowest BCUT2D eigenvalue weighted by Gasteiger charge is -2.34. The van der Waals surface area contributed by atoms with Gasteiger partial charge in [-0.05, 0) is 61.4 Å². The van der Waals surface area contributed by atoms with Crippen LogP contribution >= 0.6 is 0 Å². The minimum Gasteiger partial charge on any atom is -0.341 e. The van der Waals surface area contributed by atoms with Crippen LogP contribution in [0.5, 0.6) is 0 Å². The summed E-state index contributed by atoms with van der Waals surface area (Å²) in [5.74, 6) is 1.52. The van der Waals surface area contributed by atoms with Crippen LogP contribution in [0.15, 0.2) is 30.5 Å². The second-order valence-electron chi connectivity index (χ2n) is 8.07. The summed E-state index contributed by atoms with van der Waals surface area (Å²) in [7, 11) is 0. The molecule has 2 N–H and O–H groups in total. The molecule has 26 heavy (non-hydrogen) atoms. The third-order valence-electron chi connectivity index (χ3n) is 6.19. The van der Waals surface area contributed by atoms with E-state index >= 15 is 0 Å². The Morgan fingerprint density at radius 3 is 2.27 bits per heavy atom. The molecule has 0 spiro atoms. The first-order chi connectivity index (χ1) is 12.8. The molecule has 1 heterocycles. The number of benzene rings is 1. The fraction of sp³-hybridized carbons (Fsp3) is 0.591. The van der Waals surface area contributed by atoms with Crippen LogP contribution in [-0.4, -0.2) is 16.0 Å². The molecule has 0 saturated heterocycles. The normalized spacial score (nSPS) is 21.0. The average molecular weight is 356 g/mol. The largest absolute Gasteiger partial charge is 0.341 e. The van der Waals surface area contributed by atoms with E-state index in [1.165, 1.54) is 76.3 Å². The Bertz CT molecular complexity index is 682. The van der Waals surface area contributed by atoms with Gasteiger partial charge in [-0.25, -0.2) is 9.37 Å². The molecule has 1 atom stereocenters. The minimum atomic E-state index is -0.201. The standard InChI is InChI=1S/C22H30FN3/c23-18-13-11-16(12-14-18)20-15-24-22(26-20)21(17-7-3-1-4-8-17)25-19-9-5-2-6-10-19/h11-15,17,19,21,25H,1-10H2,(H,24,26). The molecule has 2 aliphatic carbocycles. The van der Waals surface area contributed by atoms with Crippen LogP contribution in [0.25, 0.3) is 11.3 Å². The van der Waals surface area contributed by atoms with Gasteiger partial charge in [-0.1, -0.05) is 38.5 Å². The Balaban J connectivity index is 1.55. The molecule has 0 amide bonds. The summed E-state index contributed by atoms with van der Waals surface area (Å²) >= 11 is 0. The molecule has 1 aromatic carbocycles. The van der Waals surface area contributed by atoms with Crippen molar-refractivity contribution in [2.75, 3.05) is 0 Å². The highest BCUT2D eigenvalue weighted by atomic mass is 19.1. The van der Waals surface area contributed by atoms with Crippen LogP contribution in [-0.2, 0) is 0 Å². The Kier molecular flexibility index (Phi) is 5.68. The summed E-state index contributed by atoms with van der Waals surface area (Å²) in [6.07, 6.45) is 15.1. The van der Waals surface area contributed by atoms with Crippen molar-refractivity contribution in [3.8, 4) is 11.3 Å². The van der Waals surface area contributed by atoms with Gasteiger partial charge in [0.2, 0.25) is 0 Å². The maximum Gasteiger partial charge on any atom is 0.124 e. The third kappa shape index (κ3) is 4.17. The predicted octanol–water partition coefficient (Wildman–Crippen LogP) is 5.76. The first kappa shape index (κ1) is 17.7. The van der Waals surface area contributed by atoms with Crippen LogP contribution in [0.4, 0.5) is 4.39 Å². The van der Waals surface area contributed by atoms with E-state index in [9.17, 15) is 4.39 Å². The molecule has 0 radical (unpaired) electrons. The molecule has 2 fully saturated rings. The van der Waals surface area contributed by atoms with Gasteiger partial charge in [-0.3, -0.25) is 0 Å². The number of hydrogen-bond donors (Lipinski definition) is 2. The summed E-state index contributed by atoms with van der Waals surface area (Å²) in [4.78, 5) is 8.28. The van der Waals surface area contributed by atoms with E-state index in [2.05, 4.69) is 10.3 Å². The van der Waals surface area contributed by atoms with E-state index in [1.807, 2.05) is 18.3 Å². The van der Waals surface area contributed by atoms with Gasteiger partial charge in [0.25, 0.3) is 0 Å². The van der Waals surface area contributed by atoms with Gasteiger partial charge in [0.15, 0.2) is 0 Å². The molecule has 0 aliphatic heterocycles. The van der Waals surface area contributed by atoms with Crippen molar-refractivity contribution in [2.45, 2.75) is 76.3 Å². The van der Waals surface area contributed by atoms with E-state index in [1.54, 1.807) is 0 Å². The summed E-state index contributed by atoms with van der Waals surface area (Å²) in [5, 5.41) is 3.96. The van der Waals surface area contributed by atoms with Gasteiger partial charge >= 0.3 is 0 Å². The summed E-state index contributed by atoms with van der Waals surface area (Å²) < 4.78 is 13.2. The van der Waals surface area contributed by atoms with Gasteiger partial charge in [-0.15, -0.1) is 0 Å². The maximum atomic E-state index is 13.2. The van der Waals surface area contributed by atoms with Gasteiger partial charge in [0, 0.05) is 6.04 Å². The molecular weight excluding hydrogens is 325 g/mol. The average Bonchev–Trinajstić information content (AvgIpc) is 3.18. The Labute approximate surface area is 155 Å². The molecular formula is C22H30FN3. The Morgan fingerprint density at radius 2 is 1.58 bits per heavy atom. The molecule has 3 nitrogen and oxygen atoms in total. The monoisotopic (exact) mass is 355 g/mol. The number of hydrogen-bond acceptors (Lipinski definition) is 2. The van der Waals surface area contributed by atoms with Crippen molar-refractivity contribution in [1.29, 1.82) is 0 Å². The van der Waals surface area contributed by atoms with E-state index in [4.69, 9.17) is 4.98 Å². The molecule has 0 bridgehead atoms.